The monoisotopic (exact) mass is 379 g/mol. The van der Waals surface area contributed by atoms with Crippen LogP contribution < -0.4 is 9.62 Å². The van der Waals surface area contributed by atoms with Crippen LogP contribution in [-0.2, 0) is 16.4 Å². The van der Waals surface area contributed by atoms with Crippen LogP contribution in [-0.4, -0.2) is 32.2 Å². The molecule has 0 aliphatic carbocycles. The van der Waals surface area contributed by atoms with Gasteiger partial charge in [-0.2, -0.15) is 0 Å². The molecule has 1 aliphatic heterocycles. The fourth-order valence-electron chi connectivity index (χ4n) is 2.93. The van der Waals surface area contributed by atoms with Gasteiger partial charge in [-0.1, -0.05) is 19.9 Å². The Balaban J connectivity index is 1.76. The zero-order valence-corrected chi connectivity index (χ0v) is 16.6. The van der Waals surface area contributed by atoms with Gasteiger partial charge in [-0.15, -0.1) is 11.3 Å². The molecule has 25 heavy (non-hydrogen) atoms. The lowest BCUT2D eigenvalue weighted by atomic mass is 10.1. The molecule has 0 bridgehead atoms. The molecule has 1 aliphatic rings. The molecule has 0 unspecified atom stereocenters. The summed E-state index contributed by atoms with van der Waals surface area (Å²) in [7, 11) is -3.19. The smallest absolute Gasteiger partial charge is 0.234 e. The van der Waals surface area contributed by atoms with Gasteiger partial charge in [0.05, 0.1) is 17.1 Å². The summed E-state index contributed by atoms with van der Waals surface area (Å²) in [6.07, 6.45) is 1.88. The van der Waals surface area contributed by atoms with Crippen LogP contribution in [0.25, 0.3) is 11.3 Å². The zero-order chi connectivity index (χ0) is 18.0. The maximum Gasteiger partial charge on any atom is 0.234 e. The van der Waals surface area contributed by atoms with Crippen LogP contribution in [0, 0.1) is 5.92 Å². The number of hydrogen-bond donors (Lipinski definition) is 1. The molecule has 0 fully saturated rings. The molecule has 0 saturated carbocycles. The highest BCUT2D eigenvalue weighted by atomic mass is 32.2. The molecule has 0 spiro atoms. The summed E-state index contributed by atoms with van der Waals surface area (Å²) < 4.78 is 25.9. The van der Waals surface area contributed by atoms with Crippen LogP contribution in [0.4, 0.5) is 10.8 Å². The Hall–Kier alpha value is -1.60. The van der Waals surface area contributed by atoms with Crippen molar-refractivity contribution in [3.8, 4) is 11.3 Å². The van der Waals surface area contributed by atoms with Gasteiger partial charge in [0.15, 0.2) is 5.13 Å². The summed E-state index contributed by atoms with van der Waals surface area (Å²) >= 11 is 1.61. The van der Waals surface area contributed by atoms with Crippen LogP contribution in [0.3, 0.4) is 0 Å². The molecule has 7 heteroatoms. The van der Waals surface area contributed by atoms with Crippen molar-refractivity contribution >= 4 is 32.2 Å². The van der Waals surface area contributed by atoms with Crippen molar-refractivity contribution in [3.05, 3.63) is 29.1 Å². The van der Waals surface area contributed by atoms with E-state index in [0.717, 1.165) is 47.0 Å². The third kappa shape index (κ3) is 3.98. The van der Waals surface area contributed by atoms with E-state index < -0.39 is 10.0 Å². The van der Waals surface area contributed by atoms with Crippen molar-refractivity contribution in [2.24, 2.45) is 5.92 Å². The van der Waals surface area contributed by atoms with Crippen LogP contribution >= 0.6 is 11.3 Å². The van der Waals surface area contributed by atoms with Gasteiger partial charge in [-0.25, -0.2) is 13.4 Å². The molecule has 1 aromatic heterocycles. The minimum Gasteiger partial charge on any atom is -0.361 e. The molecule has 0 amide bonds. The number of nitrogens with one attached hydrogen (secondary N) is 1. The van der Waals surface area contributed by atoms with Gasteiger partial charge in [-0.05, 0) is 43.4 Å². The Morgan fingerprint density at radius 1 is 1.36 bits per heavy atom. The second kappa shape index (κ2) is 7.33. The molecule has 136 valence electrons. The summed E-state index contributed by atoms with van der Waals surface area (Å²) in [6, 6.07) is 5.96. The van der Waals surface area contributed by atoms with Crippen LogP contribution in [0.5, 0.6) is 0 Å². The van der Waals surface area contributed by atoms with Gasteiger partial charge in [0, 0.05) is 24.0 Å². The molecule has 5 nitrogen and oxygen atoms in total. The van der Waals surface area contributed by atoms with E-state index in [9.17, 15) is 8.42 Å². The van der Waals surface area contributed by atoms with Crippen LogP contribution in [0.1, 0.15) is 32.8 Å². The van der Waals surface area contributed by atoms with E-state index in [1.807, 2.05) is 12.1 Å². The van der Waals surface area contributed by atoms with Gasteiger partial charge in [-0.3, -0.25) is 4.31 Å². The molecule has 1 aromatic carbocycles. The minimum atomic E-state index is -3.19. The van der Waals surface area contributed by atoms with Crippen molar-refractivity contribution in [3.63, 3.8) is 0 Å². The number of sulfonamides is 1. The summed E-state index contributed by atoms with van der Waals surface area (Å²) in [5.74, 6) is 0.803. The van der Waals surface area contributed by atoms with E-state index in [1.54, 1.807) is 18.3 Å². The number of fused-ring (bicyclic) bond motifs is 1. The summed E-state index contributed by atoms with van der Waals surface area (Å²) in [4.78, 5) is 4.66. The lowest BCUT2D eigenvalue weighted by molar-refractivity contribution is 0.593. The number of hydrogen-bond acceptors (Lipinski definition) is 5. The summed E-state index contributed by atoms with van der Waals surface area (Å²) in [5.41, 5.74) is 3.88. The average molecular weight is 380 g/mol. The van der Waals surface area contributed by atoms with Crippen molar-refractivity contribution < 1.29 is 8.42 Å². The Morgan fingerprint density at radius 2 is 2.16 bits per heavy atom. The average Bonchev–Trinajstić information content (AvgIpc) is 3.20. The maximum absolute atomic E-state index is 12.2. The fraction of sp³-hybridized carbons (Fsp3) is 0.500. The zero-order valence-electron chi connectivity index (χ0n) is 14.9. The van der Waals surface area contributed by atoms with Crippen molar-refractivity contribution in [2.45, 2.75) is 33.6 Å². The highest BCUT2D eigenvalue weighted by Gasteiger charge is 2.28. The predicted molar refractivity (Wildman–Crippen MR) is 106 cm³/mol. The molecule has 0 radical (unpaired) electrons. The number of nitrogens with zero attached hydrogens (tertiary/aromatic N) is 2. The Labute approximate surface area is 154 Å². The van der Waals surface area contributed by atoms with E-state index in [2.05, 4.69) is 35.6 Å². The Kier molecular flexibility index (Phi) is 5.34. The first-order valence-corrected chi connectivity index (χ1v) is 11.2. The molecule has 3 rings (SSSR count). The lowest BCUT2D eigenvalue weighted by Gasteiger charge is -2.18. The van der Waals surface area contributed by atoms with E-state index >= 15 is 0 Å². The summed E-state index contributed by atoms with van der Waals surface area (Å²) in [6.45, 7) is 7.57. The molecule has 2 heterocycles. The van der Waals surface area contributed by atoms with Gasteiger partial charge < -0.3 is 5.32 Å². The van der Waals surface area contributed by atoms with E-state index in [-0.39, 0.29) is 5.75 Å². The third-order valence-electron chi connectivity index (χ3n) is 4.43. The first-order valence-electron chi connectivity index (χ1n) is 8.74. The lowest BCUT2D eigenvalue weighted by Crippen LogP contribution is -2.30. The normalized spacial score (nSPS) is 14.2. The molecule has 0 atom stereocenters. The first-order chi connectivity index (χ1) is 11.9. The number of benzene rings is 1. The van der Waals surface area contributed by atoms with Crippen LogP contribution in [0.15, 0.2) is 23.6 Å². The van der Waals surface area contributed by atoms with Gasteiger partial charge >= 0.3 is 0 Å². The number of anilines is 2. The minimum absolute atomic E-state index is 0.131. The number of aromatic nitrogens is 1. The second-order valence-corrected chi connectivity index (χ2v) is 9.75. The molecule has 1 N–H and O–H groups in total. The standard InChI is InChI=1S/C18H25N3O2S2/c1-4-25(22,23)21-10-8-15-11-14(5-6-17(15)21)16-12-24-18(20-16)19-9-7-13(2)3/h5-6,11-13H,4,7-10H2,1-3H3,(H,19,20). The quantitative estimate of drug-likeness (QED) is 0.790. The first kappa shape index (κ1) is 18.2. The van der Waals surface area contributed by atoms with Gasteiger partial charge in [0.1, 0.15) is 0 Å². The third-order valence-corrected chi connectivity index (χ3v) is 7.01. The highest BCUT2D eigenvalue weighted by molar-refractivity contribution is 7.92. The fourth-order valence-corrected chi connectivity index (χ4v) is 4.84. The second-order valence-electron chi connectivity index (χ2n) is 6.71. The largest absolute Gasteiger partial charge is 0.361 e. The topological polar surface area (TPSA) is 62.3 Å². The molecule has 0 saturated heterocycles. The highest BCUT2D eigenvalue weighted by Crippen LogP contribution is 2.34. The Morgan fingerprint density at radius 3 is 2.88 bits per heavy atom. The maximum atomic E-state index is 12.2. The summed E-state index contributed by atoms with van der Waals surface area (Å²) in [5, 5.41) is 6.36. The van der Waals surface area contributed by atoms with Crippen molar-refractivity contribution in [1.82, 2.24) is 4.98 Å². The van der Waals surface area contributed by atoms with E-state index in [1.165, 1.54) is 4.31 Å². The van der Waals surface area contributed by atoms with Gasteiger partial charge in [0.2, 0.25) is 10.0 Å². The van der Waals surface area contributed by atoms with E-state index in [4.69, 9.17) is 0 Å². The number of thiazole rings is 1. The van der Waals surface area contributed by atoms with Crippen molar-refractivity contribution in [1.29, 1.82) is 0 Å². The van der Waals surface area contributed by atoms with Gasteiger partial charge in [0.25, 0.3) is 0 Å². The van der Waals surface area contributed by atoms with Crippen LogP contribution in [0.2, 0.25) is 0 Å². The number of rotatable bonds is 7. The molecular formula is C18H25N3O2S2. The Bertz CT molecular complexity index is 844. The van der Waals surface area contributed by atoms with Crippen molar-refractivity contribution in [2.75, 3.05) is 28.5 Å². The molecular weight excluding hydrogens is 354 g/mol. The molecule has 2 aromatic rings. The predicted octanol–water partition coefficient (Wildman–Crippen LogP) is 3.98. The SMILES string of the molecule is CCS(=O)(=O)N1CCc2cc(-c3csc(NCCC(C)C)n3)ccc21. The van der Waals surface area contributed by atoms with E-state index in [0.29, 0.717) is 12.5 Å².